The molecule has 0 fully saturated rings. The van der Waals surface area contributed by atoms with Crippen molar-refractivity contribution >= 4 is 0 Å². The molecule has 0 bridgehead atoms. The van der Waals surface area contributed by atoms with Gasteiger partial charge in [0.1, 0.15) is 0 Å². The molecule has 0 heteroatoms. The Morgan fingerprint density at radius 3 is 2.00 bits per heavy atom. The van der Waals surface area contributed by atoms with Gasteiger partial charge < -0.3 is 0 Å². The van der Waals surface area contributed by atoms with Crippen LogP contribution in [0.4, 0.5) is 0 Å². The Hall–Kier alpha value is -0.260. The molecule has 0 spiro atoms. The van der Waals surface area contributed by atoms with Gasteiger partial charge in [-0.05, 0) is 25.7 Å². The van der Waals surface area contributed by atoms with Crippen LogP contribution in [0.2, 0.25) is 0 Å². The van der Waals surface area contributed by atoms with E-state index in [1.165, 1.54) is 57.8 Å². The molecule has 0 aromatic rings. The van der Waals surface area contributed by atoms with Gasteiger partial charge in [-0.25, -0.2) is 0 Å². The first-order chi connectivity index (χ1) is 7.35. The standard InChI is InChI=1S/C15H30/c1-4-7-8-9-10-11-12-14-15(6-3)13-5-2/h5,13,15H,4,6-12,14H2,1-3H3. The molecule has 0 radical (unpaired) electrons. The van der Waals surface area contributed by atoms with Crippen molar-refractivity contribution in [2.45, 2.75) is 78.6 Å². The lowest BCUT2D eigenvalue weighted by Gasteiger charge is -2.09. The minimum atomic E-state index is 0.839. The Morgan fingerprint density at radius 2 is 1.47 bits per heavy atom. The van der Waals surface area contributed by atoms with Crippen LogP contribution in [-0.4, -0.2) is 0 Å². The number of rotatable bonds is 10. The highest BCUT2D eigenvalue weighted by molar-refractivity contribution is 4.84. The Kier molecular flexibility index (Phi) is 11.6. The monoisotopic (exact) mass is 210 g/mol. The Morgan fingerprint density at radius 1 is 0.867 bits per heavy atom. The second-order valence-corrected chi connectivity index (χ2v) is 4.60. The van der Waals surface area contributed by atoms with Crippen LogP contribution in [0.25, 0.3) is 0 Å². The van der Waals surface area contributed by atoms with Crippen LogP contribution in [0.15, 0.2) is 12.2 Å². The highest BCUT2D eigenvalue weighted by atomic mass is 14.1. The van der Waals surface area contributed by atoms with Gasteiger partial charge in [0.15, 0.2) is 0 Å². The van der Waals surface area contributed by atoms with Gasteiger partial charge in [-0.15, -0.1) is 0 Å². The van der Waals surface area contributed by atoms with Crippen LogP contribution in [0.1, 0.15) is 78.6 Å². The zero-order valence-electron chi connectivity index (χ0n) is 11.1. The fourth-order valence-electron chi connectivity index (χ4n) is 2.07. The third kappa shape index (κ3) is 10.0. The third-order valence-electron chi connectivity index (χ3n) is 3.17. The fraction of sp³-hybridized carbons (Fsp3) is 0.867. The van der Waals surface area contributed by atoms with E-state index in [0.29, 0.717) is 0 Å². The first kappa shape index (κ1) is 14.7. The maximum atomic E-state index is 2.37. The van der Waals surface area contributed by atoms with E-state index in [4.69, 9.17) is 0 Å². The van der Waals surface area contributed by atoms with Crippen molar-refractivity contribution in [1.82, 2.24) is 0 Å². The zero-order valence-corrected chi connectivity index (χ0v) is 11.1. The Bertz CT molecular complexity index is 135. The number of hydrogen-bond donors (Lipinski definition) is 0. The van der Waals surface area contributed by atoms with Crippen molar-refractivity contribution < 1.29 is 0 Å². The average molecular weight is 210 g/mol. The molecule has 0 N–H and O–H groups in total. The molecule has 0 saturated heterocycles. The summed E-state index contributed by atoms with van der Waals surface area (Å²) in [7, 11) is 0. The summed E-state index contributed by atoms with van der Waals surface area (Å²) in [6.07, 6.45) is 17.3. The summed E-state index contributed by atoms with van der Waals surface area (Å²) in [5, 5.41) is 0. The number of hydrogen-bond acceptors (Lipinski definition) is 0. The molecule has 0 saturated carbocycles. The van der Waals surface area contributed by atoms with Crippen LogP contribution in [0.5, 0.6) is 0 Å². The summed E-state index contributed by atoms with van der Waals surface area (Å²) in [6, 6.07) is 0. The van der Waals surface area contributed by atoms with Gasteiger partial charge in [0.25, 0.3) is 0 Å². The third-order valence-corrected chi connectivity index (χ3v) is 3.17. The van der Waals surface area contributed by atoms with Gasteiger partial charge in [-0.2, -0.15) is 0 Å². The molecule has 90 valence electrons. The predicted octanol–water partition coefficient (Wildman–Crippen LogP) is 5.73. The quantitative estimate of drug-likeness (QED) is 0.319. The zero-order chi connectivity index (χ0) is 11.4. The summed E-state index contributed by atoms with van der Waals surface area (Å²) in [5.41, 5.74) is 0. The minimum absolute atomic E-state index is 0.839. The molecule has 0 nitrogen and oxygen atoms in total. The number of allylic oxidation sites excluding steroid dienone is 2. The summed E-state index contributed by atoms with van der Waals surface area (Å²) >= 11 is 0. The van der Waals surface area contributed by atoms with Crippen molar-refractivity contribution in [3.63, 3.8) is 0 Å². The van der Waals surface area contributed by atoms with Crippen LogP contribution >= 0.6 is 0 Å². The van der Waals surface area contributed by atoms with Gasteiger partial charge in [-0.3, -0.25) is 0 Å². The molecule has 0 aromatic carbocycles. The molecular weight excluding hydrogens is 180 g/mol. The fourth-order valence-corrected chi connectivity index (χ4v) is 2.07. The maximum Gasteiger partial charge on any atom is -0.0236 e. The lowest BCUT2D eigenvalue weighted by molar-refractivity contribution is 0.506. The molecular formula is C15H30. The molecule has 1 unspecified atom stereocenters. The molecule has 0 aliphatic carbocycles. The minimum Gasteiger partial charge on any atom is -0.0914 e. The molecule has 0 aliphatic heterocycles. The topological polar surface area (TPSA) is 0 Å². The second kappa shape index (κ2) is 11.8. The molecule has 0 rings (SSSR count). The molecule has 0 heterocycles. The van der Waals surface area contributed by atoms with Crippen LogP contribution in [-0.2, 0) is 0 Å². The summed E-state index contributed by atoms with van der Waals surface area (Å²) in [6.45, 7) is 6.71. The van der Waals surface area contributed by atoms with Crippen molar-refractivity contribution in [2.24, 2.45) is 5.92 Å². The highest BCUT2D eigenvalue weighted by Gasteiger charge is 2.00. The summed E-state index contributed by atoms with van der Waals surface area (Å²) in [4.78, 5) is 0. The van der Waals surface area contributed by atoms with E-state index in [9.17, 15) is 0 Å². The largest absolute Gasteiger partial charge is 0.0914 e. The van der Waals surface area contributed by atoms with E-state index in [0.717, 1.165) is 5.92 Å². The first-order valence-electron chi connectivity index (χ1n) is 6.97. The molecule has 0 aliphatic rings. The van der Waals surface area contributed by atoms with Crippen LogP contribution in [0, 0.1) is 5.92 Å². The van der Waals surface area contributed by atoms with Crippen LogP contribution < -0.4 is 0 Å². The molecule has 15 heavy (non-hydrogen) atoms. The van der Waals surface area contributed by atoms with Crippen molar-refractivity contribution in [1.29, 1.82) is 0 Å². The van der Waals surface area contributed by atoms with Crippen molar-refractivity contribution in [2.75, 3.05) is 0 Å². The van der Waals surface area contributed by atoms with Gasteiger partial charge in [0, 0.05) is 0 Å². The smallest absolute Gasteiger partial charge is 0.0236 e. The lowest BCUT2D eigenvalue weighted by Crippen LogP contribution is -1.94. The SMILES string of the molecule is CC=CC(CC)CCCCCCCCC. The predicted molar refractivity (Wildman–Crippen MR) is 71.2 cm³/mol. The van der Waals surface area contributed by atoms with Crippen molar-refractivity contribution in [3.05, 3.63) is 12.2 Å². The summed E-state index contributed by atoms with van der Waals surface area (Å²) in [5.74, 6) is 0.839. The summed E-state index contributed by atoms with van der Waals surface area (Å²) < 4.78 is 0. The van der Waals surface area contributed by atoms with E-state index in [2.05, 4.69) is 32.9 Å². The average Bonchev–Trinajstić information content (AvgIpc) is 2.26. The van der Waals surface area contributed by atoms with E-state index < -0.39 is 0 Å². The normalized spacial score (nSPS) is 13.5. The first-order valence-corrected chi connectivity index (χ1v) is 6.97. The van der Waals surface area contributed by atoms with Gasteiger partial charge in [0.05, 0.1) is 0 Å². The molecule has 0 aromatic heterocycles. The lowest BCUT2D eigenvalue weighted by atomic mass is 9.97. The van der Waals surface area contributed by atoms with Crippen LogP contribution in [0.3, 0.4) is 0 Å². The maximum absolute atomic E-state index is 2.37. The molecule has 0 amide bonds. The Labute approximate surface area is 97.2 Å². The Balaban J connectivity index is 3.21. The molecule has 1 atom stereocenters. The van der Waals surface area contributed by atoms with E-state index in [1.807, 2.05) is 0 Å². The number of unbranched alkanes of at least 4 members (excludes halogenated alkanes) is 6. The van der Waals surface area contributed by atoms with Gasteiger partial charge in [-0.1, -0.05) is 70.9 Å². The second-order valence-electron chi connectivity index (χ2n) is 4.60. The van der Waals surface area contributed by atoms with Gasteiger partial charge >= 0.3 is 0 Å². The van der Waals surface area contributed by atoms with Crippen molar-refractivity contribution in [3.8, 4) is 0 Å². The van der Waals surface area contributed by atoms with E-state index in [1.54, 1.807) is 0 Å². The van der Waals surface area contributed by atoms with E-state index in [-0.39, 0.29) is 0 Å². The highest BCUT2D eigenvalue weighted by Crippen LogP contribution is 2.16. The van der Waals surface area contributed by atoms with Gasteiger partial charge in [0.2, 0.25) is 0 Å². The van der Waals surface area contributed by atoms with E-state index >= 15 is 0 Å².